The van der Waals surface area contributed by atoms with Crippen LogP contribution >= 0.6 is 0 Å². The minimum absolute atomic E-state index is 0.0825. The summed E-state index contributed by atoms with van der Waals surface area (Å²) in [5.41, 5.74) is 9.72. The van der Waals surface area contributed by atoms with Crippen LogP contribution in [0.2, 0.25) is 0 Å². The number of pyridine rings is 2. The lowest BCUT2D eigenvalue weighted by molar-refractivity contribution is 0.100. The summed E-state index contributed by atoms with van der Waals surface area (Å²) in [6, 6.07) is 13.5. The van der Waals surface area contributed by atoms with Gasteiger partial charge in [0.1, 0.15) is 0 Å². The molecule has 1 aliphatic heterocycles. The Labute approximate surface area is 180 Å². The van der Waals surface area contributed by atoms with Crippen LogP contribution < -0.4 is 16.2 Å². The summed E-state index contributed by atoms with van der Waals surface area (Å²) < 4.78 is 0. The van der Waals surface area contributed by atoms with Crippen LogP contribution in [0.3, 0.4) is 0 Å². The van der Waals surface area contributed by atoms with Crippen LogP contribution in [0, 0.1) is 0 Å². The molecule has 1 atom stereocenters. The summed E-state index contributed by atoms with van der Waals surface area (Å²) in [7, 11) is 0. The van der Waals surface area contributed by atoms with Crippen molar-refractivity contribution in [3.8, 4) is 0 Å². The minimum Gasteiger partial charge on any atom is -0.369 e. The number of anilines is 1. The van der Waals surface area contributed by atoms with E-state index in [4.69, 9.17) is 5.73 Å². The van der Waals surface area contributed by atoms with Gasteiger partial charge in [-0.3, -0.25) is 19.5 Å². The molecule has 1 aliphatic carbocycles. The zero-order valence-corrected chi connectivity index (χ0v) is 17.3. The molecule has 7 nitrogen and oxygen atoms in total. The number of piperazine rings is 1. The van der Waals surface area contributed by atoms with Gasteiger partial charge in [0.05, 0.1) is 10.9 Å². The van der Waals surface area contributed by atoms with Gasteiger partial charge < -0.3 is 15.6 Å². The van der Waals surface area contributed by atoms with Crippen molar-refractivity contribution in [1.29, 1.82) is 0 Å². The highest BCUT2D eigenvalue weighted by atomic mass is 16.1. The zero-order valence-electron chi connectivity index (χ0n) is 17.3. The monoisotopic (exact) mass is 415 g/mol. The summed E-state index contributed by atoms with van der Waals surface area (Å²) in [6.45, 7) is 3.82. The van der Waals surface area contributed by atoms with Crippen molar-refractivity contribution >= 4 is 28.1 Å². The maximum atomic E-state index is 12.4. The van der Waals surface area contributed by atoms with Crippen molar-refractivity contribution in [2.24, 2.45) is 5.73 Å². The maximum Gasteiger partial charge on any atom is 0.257 e. The Morgan fingerprint density at radius 1 is 1.10 bits per heavy atom. The molecule has 0 unspecified atom stereocenters. The Kier molecular flexibility index (Phi) is 5.03. The number of hydrogen-bond donors (Lipinski definition) is 2. The fraction of sp³-hybridized carbons (Fsp3) is 0.292. The number of nitrogens with two attached hydrogens (primary N) is 1. The number of primary amides is 1. The van der Waals surface area contributed by atoms with Gasteiger partial charge in [-0.2, -0.15) is 0 Å². The van der Waals surface area contributed by atoms with Crippen LogP contribution in [-0.4, -0.2) is 53.0 Å². The summed E-state index contributed by atoms with van der Waals surface area (Å²) in [5, 5.41) is 0.626. The number of amides is 1. The Balaban J connectivity index is 1.27. The van der Waals surface area contributed by atoms with Gasteiger partial charge in [-0.25, -0.2) is 0 Å². The number of benzene rings is 1. The van der Waals surface area contributed by atoms with E-state index in [1.165, 1.54) is 5.57 Å². The molecule has 1 saturated heterocycles. The van der Waals surface area contributed by atoms with Gasteiger partial charge in [0.15, 0.2) is 0 Å². The van der Waals surface area contributed by atoms with Crippen molar-refractivity contribution in [2.45, 2.75) is 18.9 Å². The second-order valence-electron chi connectivity index (χ2n) is 8.18. The smallest absolute Gasteiger partial charge is 0.257 e. The fourth-order valence-corrected chi connectivity index (χ4v) is 4.62. The number of carbonyl (C=O) groups is 1. The molecule has 7 heteroatoms. The van der Waals surface area contributed by atoms with E-state index in [0.717, 1.165) is 55.9 Å². The Hall–Kier alpha value is -3.45. The van der Waals surface area contributed by atoms with Gasteiger partial charge in [-0.05, 0) is 60.9 Å². The summed E-state index contributed by atoms with van der Waals surface area (Å²) in [4.78, 5) is 35.9. The molecular formula is C24H25N5O2. The largest absolute Gasteiger partial charge is 0.369 e. The number of hydrogen-bond acceptors (Lipinski definition) is 5. The van der Waals surface area contributed by atoms with Crippen molar-refractivity contribution < 1.29 is 4.79 Å². The van der Waals surface area contributed by atoms with Crippen LogP contribution in [0.5, 0.6) is 0 Å². The van der Waals surface area contributed by atoms with Gasteiger partial charge >= 0.3 is 0 Å². The van der Waals surface area contributed by atoms with E-state index in [0.29, 0.717) is 17.0 Å². The number of allylic oxidation sites excluding steroid dienone is 1. The molecule has 1 aromatic carbocycles. The fourth-order valence-electron chi connectivity index (χ4n) is 4.62. The normalized spacial score (nSPS) is 19.5. The molecule has 31 heavy (non-hydrogen) atoms. The van der Waals surface area contributed by atoms with Gasteiger partial charge in [0.2, 0.25) is 5.91 Å². The van der Waals surface area contributed by atoms with Crippen LogP contribution in [-0.2, 0) is 0 Å². The average molecular weight is 415 g/mol. The number of nitrogens with zero attached hydrogens (tertiary/aromatic N) is 3. The Bertz CT molecular complexity index is 1210. The first-order chi connectivity index (χ1) is 15.1. The van der Waals surface area contributed by atoms with Crippen LogP contribution in [0.1, 0.15) is 28.9 Å². The Morgan fingerprint density at radius 2 is 1.87 bits per heavy atom. The van der Waals surface area contributed by atoms with Gasteiger partial charge in [-0.15, -0.1) is 0 Å². The predicted molar refractivity (Wildman–Crippen MR) is 122 cm³/mol. The molecule has 158 valence electrons. The van der Waals surface area contributed by atoms with Gasteiger partial charge in [-0.1, -0.05) is 6.08 Å². The molecule has 1 amide bonds. The lowest BCUT2D eigenvalue weighted by Gasteiger charge is -2.38. The summed E-state index contributed by atoms with van der Waals surface area (Å²) >= 11 is 0. The van der Waals surface area contributed by atoms with Gasteiger partial charge in [0, 0.05) is 55.4 Å². The first-order valence-electron chi connectivity index (χ1n) is 10.7. The second kappa shape index (κ2) is 8.00. The molecule has 5 rings (SSSR count). The first-order valence-corrected chi connectivity index (χ1v) is 10.7. The molecule has 0 radical (unpaired) electrons. The van der Waals surface area contributed by atoms with Crippen molar-refractivity contribution in [3.63, 3.8) is 0 Å². The van der Waals surface area contributed by atoms with Crippen molar-refractivity contribution in [2.75, 3.05) is 31.1 Å². The topological polar surface area (TPSA) is 95.3 Å². The molecule has 3 N–H and O–H groups in total. The van der Waals surface area contributed by atoms with E-state index in [-0.39, 0.29) is 5.56 Å². The molecule has 1 fully saturated rings. The molecule has 2 aliphatic rings. The minimum atomic E-state index is -0.399. The highest BCUT2D eigenvalue weighted by molar-refractivity contribution is 5.93. The third kappa shape index (κ3) is 3.84. The lowest BCUT2D eigenvalue weighted by Crippen LogP contribution is -2.49. The molecule has 3 heterocycles. The summed E-state index contributed by atoms with van der Waals surface area (Å²) in [6.07, 6.45) is 6.04. The molecular weight excluding hydrogens is 390 g/mol. The molecule has 2 aromatic heterocycles. The number of fused-ring (bicyclic) bond motifs is 1. The molecule has 0 spiro atoms. The van der Waals surface area contributed by atoms with E-state index in [2.05, 4.69) is 25.8 Å². The third-order valence-electron chi connectivity index (χ3n) is 6.36. The number of rotatable bonds is 4. The Morgan fingerprint density at radius 3 is 2.61 bits per heavy atom. The van der Waals surface area contributed by atoms with Crippen molar-refractivity contribution in [3.05, 3.63) is 76.3 Å². The average Bonchev–Trinajstić information content (AvgIpc) is 3.30. The number of aromatic amines is 1. The van der Waals surface area contributed by atoms with E-state index in [1.807, 2.05) is 18.2 Å². The van der Waals surface area contributed by atoms with Crippen LogP contribution in [0.25, 0.3) is 16.5 Å². The SMILES string of the molecule is NC(=O)c1ccc(N2CCN([C@H]3C=C(c4cc5ncccc5c(=O)[nH]4)CC3)CC2)cc1. The second-order valence-corrected chi connectivity index (χ2v) is 8.18. The van der Waals surface area contributed by atoms with Crippen molar-refractivity contribution in [1.82, 2.24) is 14.9 Å². The number of nitrogens with one attached hydrogen (secondary N) is 1. The third-order valence-corrected chi connectivity index (χ3v) is 6.36. The number of aromatic nitrogens is 2. The number of carbonyl (C=O) groups excluding carboxylic acids is 1. The van der Waals surface area contributed by atoms with Crippen LogP contribution in [0.4, 0.5) is 5.69 Å². The highest BCUT2D eigenvalue weighted by Crippen LogP contribution is 2.31. The van der Waals surface area contributed by atoms with Crippen LogP contribution in [0.15, 0.2) is 59.5 Å². The molecule has 0 bridgehead atoms. The maximum absolute atomic E-state index is 12.4. The van der Waals surface area contributed by atoms with E-state index in [9.17, 15) is 9.59 Å². The van der Waals surface area contributed by atoms with E-state index < -0.39 is 5.91 Å². The summed E-state index contributed by atoms with van der Waals surface area (Å²) in [5.74, 6) is -0.399. The predicted octanol–water partition coefficient (Wildman–Crippen LogP) is 2.39. The van der Waals surface area contributed by atoms with Gasteiger partial charge in [0.25, 0.3) is 5.56 Å². The molecule has 3 aromatic rings. The van der Waals surface area contributed by atoms with E-state index >= 15 is 0 Å². The zero-order chi connectivity index (χ0) is 21.4. The molecule has 0 saturated carbocycles. The quantitative estimate of drug-likeness (QED) is 0.682. The number of H-pyrrole nitrogens is 1. The van der Waals surface area contributed by atoms with E-state index in [1.54, 1.807) is 30.5 Å². The standard InChI is InChI=1S/C24H25N5O2/c25-23(30)16-3-6-18(7-4-16)28-10-12-29(13-11-28)19-8-5-17(14-19)21-15-22-20(24(31)27-21)2-1-9-26-22/h1-4,6-7,9,14-15,19H,5,8,10-13H2,(H2,25,30)(H,27,31)/t19-/m1/s1. The highest BCUT2D eigenvalue weighted by Gasteiger charge is 2.27. The lowest BCUT2D eigenvalue weighted by atomic mass is 10.1. The first kappa shape index (κ1) is 19.5.